The summed E-state index contributed by atoms with van der Waals surface area (Å²) in [5.74, 6) is 0.956. The lowest BCUT2D eigenvalue weighted by atomic mass is 10.2. The van der Waals surface area contributed by atoms with Gasteiger partial charge in [0.1, 0.15) is 11.4 Å². The summed E-state index contributed by atoms with van der Waals surface area (Å²) in [6.45, 7) is 0. The number of aromatic nitrogens is 2. The Hall–Kier alpha value is -1.70. The first-order valence-corrected chi connectivity index (χ1v) is 6.48. The number of hydrogen-bond acceptors (Lipinski definition) is 5. The Kier molecular flexibility index (Phi) is 4.31. The third-order valence-corrected chi connectivity index (χ3v) is 3.55. The number of aldehydes is 1. The molecule has 19 heavy (non-hydrogen) atoms. The van der Waals surface area contributed by atoms with E-state index in [1.165, 1.54) is 14.2 Å². The van der Waals surface area contributed by atoms with Gasteiger partial charge < -0.3 is 9.47 Å². The number of methoxy groups -OCH3 is 2. The Morgan fingerprint density at radius 3 is 2.47 bits per heavy atom. The van der Waals surface area contributed by atoms with E-state index in [9.17, 15) is 4.79 Å². The van der Waals surface area contributed by atoms with Crippen molar-refractivity contribution in [3.8, 4) is 22.9 Å². The van der Waals surface area contributed by atoms with Crippen LogP contribution in [-0.4, -0.2) is 30.5 Å². The SMILES string of the molecule is COc1c(-c2ccccn2)nc(C=O)c(I)c1OC. The lowest BCUT2D eigenvalue weighted by molar-refractivity contribution is 0.111. The summed E-state index contributed by atoms with van der Waals surface area (Å²) in [5.41, 5.74) is 1.42. The maximum atomic E-state index is 11.1. The summed E-state index contributed by atoms with van der Waals surface area (Å²) < 4.78 is 11.3. The summed E-state index contributed by atoms with van der Waals surface area (Å²) in [7, 11) is 3.05. The molecule has 0 atom stereocenters. The topological polar surface area (TPSA) is 61.3 Å². The van der Waals surface area contributed by atoms with E-state index in [0.29, 0.717) is 38.4 Å². The summed E-state index contributed by atoms with van der Waals surface area (Å²) in [4.78, 5) is 19.6. The zero-order chi connectivity index (χ0) is 13.8. The molecule has 2 rings (SSSR count). The number of halogens is 1. The molecular formula is C13H11IN2O3. The normalized spacial score (nSPS) is 10.1. The molecular weight excluding hydrogens is 359 g/mol. The van der Waals surface area contributed by atoms with E-state index in [0.717, 1.165) is 0 Å². The number of rotatable bonds is 4. The molecule has 2 aromatic heterocycles. The lowest BCUT2D eigenvalue weighted by Gasteiger charge is -2.14. The molecule has 0 N–H and O–H groups in total. The highest BCUT2D eigenvalue weighted by atomic mass is 127. The highest BCUT2D eigenvalue weighted by Gasteiger charge is 2.21. The number of ether oxygens (including phenoxy) is 2. The second kappa shape index (κ2) is 5.96. The van der Waals surface area contributed by atoms with Gasteiger partial charge in [-0.3, -0.25) is 9.78 Å². The number of hydrogen-bond donors (Lipinski definition) is 0. The fraction of sp³-hybridized carbons (Fsp3) is 0.154. The van der Waals surface area contributed by atoms with Crippen LogP contribution in [0.5, 0.6) is 11.5 Å². The monoisotopic (exact) mass is 370 g/mol. The smallest absolute Gasteiger partial charge is 0.190 e. The third-order valence-electron chi connectivity index (χ3n) is 2.51. The predicted molar refractivity (Wildman–Crippen MR) is 78.7 cm³/mol. The molecule has 0 spiro atoms. The van der Waals surface area contributed by atoms with E-state index in [1.54, 1.807) is 18.3 Å². The van der Waals surface area contributed by atoms with Gasteiger partial charge in [0.05, 0.1) is 23.5 Å². The average molecular weight is 370 g/mol. The lowest BCUT2D eigenvalue weighted by Crippen LogP contribution is -2.03. The maximum Gasteiger partial charge on any atom is 0.190 e. The van der Waals surface area contributed by atoms with Crippen molar-refractivity contribution in [3.05, 3.63) is 33.7 Å². The van der Waals surface area contributed by atoms with Crippen LogP contribution in [-0.2, 0) is 0 Å². The Labute approximate surface area is 124 Å². The molecule has 0 saturated heterocycles. The van der Waals surface area contributed by atoms with Crippen LogP contribution in [0.1, 0.15) is 10.5 Å². The fourth-order valence-corrected chi connectivity index (χ4v) is 2.38. The Bertz CT molecular complexity index is 603. The molecule has 98 valence electrons. The number of carbonyl (C=O) groups excluding carboxylic acids is 1. The molecule has 0 aromatic carbocycles. The molecule has 0 aliphatic heterocycles. The van der Waals surface area contributed by atoms with Crippen molar-refractivity contribution in [2.75, 3.05) is 14.2 Å². The van der Waals surface area contributed by atoms with Crippen molar-refractivity contribution in [2.45, 2.75) is 0 Å². The van der Waals surface area contributed by atoms with Gasteiger partial charge in [-0.15, -0.1) is 0 Å². The van der Waals surface area contributed by atoms with Crippen molar-refractivity contribution >= 4 is 28.9 Å². The molecule has 0 saturated carbocycles. The highest BCUT2D eigenvalue weighted by molar-refractivity contribution is 14.1. The van der Waals surface area contributed by atoms with Crippen molar-refractivity contribution < 1.29 is 14.3 Å². The van der Waals surface area contributed by atoms with Gasteiger partial charge in [0.15, 0.2) is 17.8 Å². The zero-order valence-corrected chi connectivity index (χ0v) is 12.5. The average Bonchev–Trinajstić information content (AvgIpc) is 2.47. The predicted octanol–water partition coefficient (Wildman–Crippen LogP) is 2.58. The van der Waals surface area contributed by atoms with Crippen LogP contribution >= 0.6 is 22.6 Å². The van der Waals surface area contributed by atoms with Crippen molar-refractivity contribution in [1.29, 1.82) is 0 Å². The van der Waals surface area contributed by atoms with E-state index in [2.05, 4.69) is 9.97 Å². The molecule has 6 heteroatoms. The molecule has 0 fully saturated rings. The molecule has 0 bridgehead atoms. The molecule has 0 radical (unpaired) electrons. The van der Waals surface area contributed by atoms with Gasteiger partial charge in [-0.25, -0.2) is 4.98 Å². The largest absolute Gasteiger partial charge is 0.492 e. The first-order valence-electron chi connectivity index (χ1n) is 5.41. The van der Waals surface area contributed by atoms with Crippen LogP contribution in [0.4, 0.5) is 0 Å². The minimum atomic E-state index is 0.305. The van der Waals surface area contributed by atoms with Gasteiger partial charge in [-0.05, 0) is 34.7 Å². The fourth-order valence-electron chi connectivity index (χ4n) is 1.67. The maximum absolute atomic E-state index is 11.1. The van der Waals surface area contributed by atoms with Gasteiger partial charge in [0.25, 0.3) is 0 Å². The molecule has 2 heterocycles. The van der Waals surface area contributed by atoms with E-state index in [-0.39, 0.29) is 0 Å². The zero-order valence-electron chi connectivity index (χ0n) is 10.4. The number of pyridine rings is 2. The molecule has 0 unspecified atom stereocenters. The minimum Gasteiger partial charge on any atom is -0.492 e. The van der Waals surface area contributed by atoms with Crippen molar-refractivity contribution in [2.24, 2.45) is 0 Å². The quantitative estimate of drug-likeness (QED) is 0.612. The first kappa shape index (κ1) is 13.7. The van der Waals surface area contributed by atoms with E-state index >= 15 is 0 Å². The first-order chi connectivity index (χ1) is 9.22. The van der Waals surface area contributed by atoms with Gasteiger partial charge >= 0.3 is 0 Å². The molecule has 0 aliphatic rings. The van der Waals surface area contributed by atoms with E-state index in [4.69, 9.17) is 9.47 Å². The number of carbonyl (C=O) groups is 1. The Morgan fingerprint density at radius 1 is 1.21 bits per heavy atom. The van der Waals surface area contributed by atoms with Crippen LogP contribution in [0.25, 0.3) is 11.4 Å². The van der Waals surface area contributed by atoms with Crippen LogP contribution in [0, 0.1) is 3.57 Å². The van der Waals surface area contributed by atoms with Gasteiger partial charge in [0.2, 0.25) is 0 Å². The van der Waals surface area contributed by atoms with Gasteiger partial charge in [-0.2, -0.15) is 0 Å². The molecule has 0 aliphatic carbocycles. The minimum absolute atomic E-state index is 0.305. The van der Waals surface area contributed by atoms with Crippen LogP contribution in [0.2, 0.25) is 0 Å². The third kappa shape index (κ3) is 2.53. The van der Waals surface area contributed by atoms with Crippen LogP contribution in [0.3, 0.4) is 0 Å². The van der Waals surface area contributed by atoms with E-state index in [1.807, 2.05) is 28.7 Å². The number of nitrogens with zero attached hydrogens (tertiary/aromatic N) is 2. The van der Waals surface area contributed by atoms with Gasteiger partial charge in [-0.1, -0.05) is 6.07 Å². The Balaban J connectivity index is 2.76. The summed E-state index contributed by atoms with van der Waals surface area (Å²) >= 11 is 2.01. The summed E-state index contributed by atoms with van der Waals surface area (Å²) in [6.07, 6.45) is 2.34. The van der Waals surface area contributed by atoms with Gasteiger partial charge in [0, 0.05) is 6.20 Å². The van der Waals surface area contributed by atoms with E-state index < -0.39 is 0 Å². The van der Waals surface area contributed by atoms with Crippen LogP contribution in [0.15, 0.2) is 24.4 Å². The Morgan fingerprint density at radius 2 is 1.95 bits per heavy atom. The molecule has 2 aromatic rings. The summed E-state index contributed by atoms with van der Waals surface area (Å²) in [6, 6.07) is 5.45. The molecule has 0 amide bonds. The van der Waals surface area contributed by atoms with Crippen LogP contribution < -0.4 is 9.47 Å². The highest BCUT2D eigenvalue weighted by Crippen LogP contribution is 2.39. The second-order valence-corrected chi connectivity index (χ2v) is 4.64. The molecule has 5 nitrogen and oxygen atoms in total. The van der Waals surface area contributed by atoms with Crippen molar-refractivity contribution in [1.82, 2.24) is 9.97 Å². The standard InChI is InChI=1S/C13H11IN2O3/c1-18-12-10(14)9(7-17)16-11(13(12)19-2)8-5-3-4-6-15-8/h3-7H,1-2H3. The second-order valence-electron chi connectivity index (χ2n) is 3.56. The van der Waals surface area contributed by atoms with Crippen molar-refractivity contribution in [3.63, 3.8) is 0 Å². The summed E-state index contributed by atoms with van der Waals surface area (Å²) in [5, 5.41) is 0.